The first-order valence-corrected chi connectivity index (χ1v) is 9.52. The zero-order chi connectivity index (χ0) is 17.6. The van der Waals surface area contributed by atoms with E-state index in [4.69, 9.17) is 0 Å². The Bertz CT molecular complexity index is 731. The van der Waals surface area contributed by atoms with Gasteiger partial charge in [-0.05, 0) is 36.2 Å². The summed E-state index contributed by atoms with van der Waals surface area (Å²) >= 11 is 1.92. The third-order valence-corrected chi connectivity index (χ3v) is 5.58. The number of rotatable bonds is 3. The molecule has 25 heavy (non-hydrogen) atoms. The summed E-state index contributed by atoms with van der Waals surface area (Å²) in [5.41, 5.74) is 2.71. The molecule has 1 saturated heterocycles. The molecule has 5 heteroatoms. The van der Waals surface area contributed by atoms with E-state index in [0.717, 1.165) is 25.3 Å². The summed E-state index contributed by atoms with van der Waals surface area (Å²) in [4.78, 5) is 25.8. The van der Waals surface area contributed by atoms with Crippen molar-refractivity contribution in [3.8, 4) is 0 Å². The fraction of sp³-hybridized carbons (Fsp3) is 0.300. The van der Waals surface area contributed by atoms with Crippen LogP contribution in [0.2, 0.25) is 0 Å². The quantitative estimate of drug-likeness (QED) is 0.907. The summed E-state index contributed by atoms with van der Waals surface area (Å²) in [6.45, 7) is 3.00. The Morgan fingerprint density at radius 3 is 2.44 bits per heavy atom. The van der Waals surface area contributed by atoms with Gasteiger partial charge in [-0.1, -0.05) is 30.3 Å². The van der Waals surface area contributed by atoms with Crippen LogP contribution in [0.3, 0.4) is 0 Å². The van der Waals surface area contributed by atoms with E-state index in [2.05, 4.69) is 29.6 Å². The monoisotopic (exact) mass is 354 g/mol. The number of benzene rings is 2. The van der Waals surface area contributed by atoms with Crippen LogP contribution in [0.15, 0.2) is 54.6 Å². The molecule has 0 radical (unpaired) electrons. The van der Waals surface area contributed by atoms with Gasteiger partial charge in [-0.15, -0.1) is 0 Å². The van der Waals surface area contributed by atoms with E-state index in [1.807, 2.05) is 22.7 Å². The summed E-state index contributed by atoms with van der Waals surface area (Å²) in [6, 6.07) is 17.6. The molecule has 2 aromatic rings. The molecule has 0 spiro atoms. The van der Waals surface area contributed by atoms with Crippen LogP contribution in [0.5, 0.6) is 0 Å². The van der Waals surface area contributed by atoms with E-state index in [1.165, 1.54) is 12.5 Å². The molecule has 2 aromatic carbocycles. The van der Waals surface area contributed by atoms with Crippen LogP contribution in [-0.2, 0) is 4.79 Å². The number of nitrogens with zero attached hydrogens (tertiary/aromatic N) is 1. The van der Waals surface area contributed by atoms with Gasteiger partial charge in [0.05, 0.1) is 0 Å². The Hall–Kier alpha value is -2.27. The van der Waals surface area contributed by atoms with Crippen molar-refractivity contribution in [2.75, 3.05) is 24.2 Å². The molecule has 1 fully saturated rings. The van der Waals surface area contributed by atoms with Crippen molar-refractivity contribution in [2.45, 2.75) is 18.6 Å². The van der Waals surface area contributed by atoms with Gasteiger partial charge >= 0.3 is 0 Å². The van der Waals surface area contributed by atoms with Crippen molar-refractivity contribution in [3.63, 3.8) is 0 Å². The second-order valence-electron chi connectivity index (χ2n) is 6.11. The van der Waals surface area contributed by atoms with Crippen LogP contribution >= 0.6 is 11.8 Å². The summed E-state index contributed by atoms with van der Waals surface area (Å²) in [6.07, 6.45) is 0.963. The fourth-order valence-corrected chi connectivity index (χ4v) is 4.22. The number of nitrogens with one attached hydrogen (secondary N) is 1. The number of carbonyl (C=O) groups excluding carboxylic acids is 2. The molecule has 1 heterocycles. The van der Waals surface area contributed by atoms with E-state index in [1.54, 1.807) is 24.3 Å². The number of anilines is 1. The molecule has 3 rings (SSSR count). The maximum Gasteiger partial charge on any atom is 0.253 e. The minimum atomic E-state index is -0.115. The van der Waals surface area contributed by atoms with Crippen LogP contribution in [0.25, 0.3) is 0 Å². The Balaban J connectivity index is 1.64. The second kappa shape index (κ2) is 8.21. The highest BCUT2D eigenvalue weighted by atomic mass is 32.2. The Kier molecular flexibility index (Phi) is 5.76. The van der Waals surface area contributed by atoms with Crippen LogP contribution in [0.1, 0.15) is 34.5 Å². The molecule has 4 nitrogen and oxygen atoms in total. The molecule has 130 valence electrons. The largest absolute Gasteiger partial charge is 0.338 e. The highest BCUT2D eigenvalue weighted by Gasteiger charge is 2.22. The van der Waals surface area contributed by atoms with Crippen LogP contribution in [0.4, 0.5) is 5.69 Å². The van der Waals surface area contributed by atoms with Crippen LogP contribution in [0, 0.1) is 0 Å². The lowest BCUT2D eigenvalue weighted by molar-refractivity contribution is -0.114. The molecule has 0 aromatic heterocycles. The normalized spacial score (nSPS) is 17.6. The molecule has 1 aliphatic rings. The molecular formula is C20H22N2O2S. The van der Waals surface area contributed by atoms with Crippen molar-refractivity contribution >= 4 is 29.3 Å². The van der Waals surface area contributed by atoms with E-state index < -0.39 is 0 Å². The van der Waals surface area contributed by atoms with E-state index in [-0.39, 0.29) is 11.8 Å². The summed E-state index contributed by atoms with van der Waals surface area (Å²) in [5, 5.41) is 3.16. The molecule has 1 N–H and O–H groups in total. The molecule has 2 amide bonds. The maximum atomic E-state index is 12.8. The molecular weight excluding hydrogens is 332 g/mol. The Labute approximate surface area is 152 Å². The molecule has 1 atom stereocenters. The van der Waals surface area contributed by atoms with Gasteiger partial charge in [0, 0.05) is 42.3 Å². The highest BCUT2D eigenvalue weighted by Crippen LogP contribution is 2.34. The number of carbonyl (C=O) groups is 2. The second-order valence-corrected chi connectivity index (χ2v) is 7.42. The smallest absolute Gasteiger partial charge is 0.253 e. The van der Waals surface area contributed by atoms with Crippen LogP contribution in [-0.4, -0.2) is 35.6 Å². The van der Waals surface area contributed by atoms with Gasteiger partial charge in [-0.25, -0.2) is 0 Å². The van der Waals surface area contributed by atoms with Gasteiger partial charge in [0.2, 0.25) is 5.91 Å². The van der Waals surface area contributed by atoms with E-state index in [0.29, 0.717) is 16.5 Å². The number of amides is 2. The average Bonchev–Trinajstić information content (AvgIpc) is 2.88. The first kappa shape index (κ1) is 17.5. The van der Waals surface area contributed by atoms with Crippen molar-refractivity contribution < 1.29 is 9.59 Å². The lowest BCUT2D eigenvalue weighted by atomic mass is 10.1. The number of hydrogen-bond acceptors (Lipinski definition) is 3. The van der Waals surface area contributed by atoms with Crippen molar-refractivity contribution in [1.82, 2.24) is 4.90 Å². The minimum Gasteiger partial charge on any atom is -0.338 e. The van der Waals surface area contributed by atoms with Gasteiger partial charge in [-0.2, -0.15) is 11.8 Å². The first-order valence-electron chi connectivity index (χ1n) is 8.47. The third-order valence-electron chi connectivity index (χ3n) is 4.25. The molecule has 1 aliphatic heterocycles. The zero-order valence-corrected chi connectivity index (χ0v) is 15.1. The molecule has 0 aliphatic carbocycles. The van der Waals surface area contributed by atoms with Gasteiger partial charge in [-0.3, -0.25) is 9.59 Å². The van der Waals surface area contributed by atoms with Gasteiger partial charge < -0.3 is 10.2 Å². The molecule has 0 saturated carbocycles. The van der Waals surface area contributed by atoms with Crippen LogP contribution < -0.4 is 5.32 Å². The van der Waals surface area contributed by atoms with E-state index >= 15 is 0 Å². The molecule has 1 unspecified atom stereocenters. The Morgan fingerprint density at radius 1 is 1.04 bits per heavy atom. The van der Waals surface area contributed by atoms with Crippen molar-refractivity contribution in [3.05, 3.63) is 65.7 Å². The predicted octanol–water partition coefficient (Wildman–Crippen LogP) is 3.97. The average molecular weight is 354 g/mol. The molecule has 0 bridgehead atoms. The van der Waals surface area contributed by atoms with Crippen molar-refractivity contribution in [2.24, 2.45) is 0 Å². The van der Waals surface area contributed by atoms with E-state index in [9.17, 15) is 9.59 Å². The van der Waals surface area contributed by atoms with Gasteiger partial charge in [0.1, 0.15) is 0 Å². The fourth-order valence-electron chi connectivity index (χ4n) is 2.99. The summed E-state index contributed by atoms with van der Waals surface area (Å²) in [7, 11) is 0. The van der Waals surface area contributed by atoms with Gasteiger partial charge in [0.25, 0.3) is 5.91 Å². The zero-order valence-electron chi connectivity index (χ0n) is 14.3. The SMILES string of the molecule is CC(=O)Nc1ccc(C(=O)N2CCSC(c3ccccc3)CC2)cc1. The standard InChI is InChI=1S/C20H22N2O2S/c1-15(23)21-18-9-7-17(8-10-18)20(24)22-12-11-19(25-14-13-22)16-5-3-2-4-6-16/h2-10,19H,11-14H2,1H3,(H,21,23). The number of hydrogen-bond donors (Lipinski definition) is 1. The topological polar surface area (TPSA) is 49.4 Å². The third kappa shape index (κ3) is 4.63. The summed E-state index contributed by atoms with van der Waals surface area (Å²) in [5.74, 6) is 0.884. The van der Waals surface area contributed by atoms with Gasteiger partial charge in [0.15, 0.2) is 0 Å². The Morgan fingerprint density at radius 2 is 1.76 bits per heavy atom. The first-order chi connectivity index (χ1) is 12.1. The lowest BCUT2D eigenvalue weighted by Crippen LogP contribution is -2.32. The summed E-state index contributed by atoms with van der Waals surface area (Å²) < 4.78 is 0. The highest BCUT2D eigenvalue weighted by molar-refractivity contribution is 7.99. The predicted molar refractivity (Wildman–Crippen MR) is 103 cm³/mol. The van der Waals surface area contributed by atoms with Crippen molar-refractivity contribution in [1.29, 1.82) is 0 Å². The maximum absolute atomic E-state index is 12.8. The number of thioether (sulfide) groups is 1. The minimum absolute atomic E-state index is 0.0590. The lowest BCUT2D eigenvalue weighted by Gasteiger charge is -2.20.